The van der Waals surface area contributed by atoms with Crippen molar-refractivity contribution in [1.29, 1.82) is 0 Å². The van der Waals surface area contributed by atoms with Crippen LogP contribution in [-0.2, 0) is 9.84 Å². The minimum Gasteiger partial charge on any atom is -0.507 e. The van der Waals surface area contributed by atoms with E-state index < -0.39 is 37.6 Å². The molecule has 0 heterocycles. The summed E-state index contributed by atoms with van der Waals surface area (Å²) in [6, 6.07) is 3.48. The summed E-state index contributed by atoms with van der Waals surface area (Å²) in [5.74, 6) is -2.21. The molecule has 19 heavy (non-hydrogen) atoms. The van der Waals surface area contributed by atoms with E-state index in [1.807, 2.05) is 0 Å². The number of sulfone groups is 1. The molecule has 0 aromatic heterocycles. The Morgan fingerprint density at radius 2 is 2.00 bits per heavy atom. The Morgan fingerprint density at radius 3 is 2.47 bits per heavy atom. The fraction of sp³-hybridized carbons (Fsp3) is 0.417. The SMILES string of the molecule is CC(C)(CNC(=O)c1c(O)cccc1F)S(C)(=O)=O. The third-order valence-electron chi connectivity index (χ3n) is 2.90. The fourth-order valence-electron chi connectivity index (χ4n) is 1.25. The van der Waals surface area contributed by atoms with Gasteiger partial charge in [-0.25, -0.2) is 12.8 Å². The third kappa shape index (κ3) is 3.44. The number of nitrogens with one attached hydrogen (secondary N) is 1. The van der Waals surface area contributed by atoms with Gasteiger partial charge in [0.15, 0.2) is 9.84 Å². The monoisotopic (exact) mass is 289 g/mol. The van der Waals surface area contributed by atoms with E-state index in [-0.39, 0.29) is 6.54 Å². The molecule has 106 valence electrons. The molecule has 0 unspecified atom stereocenters. The van der Waals surface area contributed by atoms with Crippen LogP contribution in [0.5, 0.6) is 5.75 Å². The van der Waals surface area contributed by atoms with Crippen LogP contribution in [0.25, 0.3) is 0 Å². The molecule has 5 nitrogen and oxygen atoms in total. The molecule has 0 spiro atoms. The van der Waals surface area contributed by atoms with Crippen molar-refractivity contribution < 1.29 is 22.7 Å². The molecule has 0 fully saturated rings. The molecule has 1 aromatic carbocycles. The number of rotatable bonds is 4. The highest BCUT2D eigenvalue weighted by Crippen LogP contribution is 2.20. The van der Waals surface area contributed by atoms with Gasteiger partial charge in [0.05, 0.1) is 4.75 Å². The minimum atomic E-state index is -3.37. The van der Waals surface area contributed by atoms with Crippen molar-refractivity contribution >= 4 is 15.7 Å². The average Bonchev–Trinajstić information content (AvgIpc) is 2.24. The van der Waals surface area contributed by atoms with E-state index >= 15 is 0 Å². The van der Waals surface area contributed by atoms with Crippen LogP contribution in [0.4, 0.5) is 4.39 Å². The first-order valence-electron chi connectivity index (χ1n) is 5.51. The van der Waals surface area contributed by atoms with Crippen molar-refractivity contribution in [2.24, 2.45) is 0 Å². The lowest BCUT2D eigenvalue weighted by Crippen LogP contribution is -2.43. The summed E-state index contributed by atoms with van der Waals surface area (Å²) in [6.07, 6.45) is 1.06. The number of halogens is 1. The van der Waals surface area contributed by atoms with Gasteiger partial charge in [-0.15, -0.1) is 0 Å². The number of carbonyl (C=O) groups is 1. The number of amides is 1. The molecule has 1 rings (SSSR count). The summed E-state index contributed by atoms with van der Waals surface area (Å²) in [5.41, 5.74) is -0.494. The van der Waals surface area contributed by atoms with Gasteiger partial charge in [0.25, 0.3) is 5.91 Å². The molecule has 0 aliphatic heterocycles. The van der Waals surface area contributed by atoms with Crippen LogP contribution in [0.1, 0.15) is 24.2 Å². The van der Waals surface area contributed by atoms with E-state index in [4.69, 9.17) is 0 Å². The first-order chi connectivity index (χ1) is 8.56. The Kier molecular flexibility index (Phi) is 4.19. The van der Waals surface area contributed by atoms with Crippen molar-refractivity contribution in [3.05, 3.63) is 29.6 Å². The van der Waals surface area contributed by atoms with Crippen LogP contribution in [0, 0.1) is 5.82 Å². The number of phenols is 1. The van der Waals surface area contributed by atoms with Gasteiger partial charge in [0.1, 0.15) is 17.1 Å². The maximum atomic E-state index is 13.4. The number of phenolic OH excluding ortho intramolecular Hbond substituents is 1. The van der Waals surface area contributed by atoms with Crippen molar-refractivity contribution in [3.8, 4) is 5.75 Å². The van der Waals surface area contributed by atoms with Crippen molar-refractivity contribution in [2.75, 3.05) is 12.8 Å². The fourth-order valence-corrected chi connectivity index (χ4v) is 1.58. The Morgan fingerprint density at radius 1 is 1.42 bits per heavy atom. The molecule has 0 atom stereocenters. The van der Waals surface area contributed by atoms with Gasteiger partial charge in [0, 0.05) is 12.8 Å². The molecule has 0 saturated heterocycles. The lowest BCUT2D eigenvalue weighted by molar-refractivity contribution is 0.0943. The quantitative estimate of drug-likeness (QED) is 0.869. The standard InChI is InChI=1S/C12H16FNO4S/c1-12(2,19(3,17)18)7-14-11(16)10-8(13)5-4-6-9(10)15/h4-6,15H,7H2,1-3H3,(H,14,16). The molecule has 0 radical (unpaired) electrons. The highest BCUT2D eigenvalue weighted by atomic mass is 32.2. The van der Waals surface area contributed by atoms with E-state index in [2.05, 4.69) is 5.32 Å². The van der Waals surface area contributed by atoms with E-state index in [1.54, 1.807) is 0 Å². The number of hydrogen-bond donors (Lipinski definition) is 2. The maximum Gasteiger partial charge on any atom is 0.258 e. The summed E-state index contributed by atoms with van der Waals surface area (Å²) in [4.78, 5) is 11.8. The molecular formula is C12H16FNO4S. The highest BCUT2D eigenvalue weighted by Gasteiger charge is 2.31. The van der Waals surface area contributed by atoms with Gasteiger partial charge >= 0.3 is 0 Å². The predicted octanol–water partition coefficient (Wildman–Crippen LogP) is 1.08. The van der Waals surface area contributed by atoms with Crippen LogP contribution in [0.2, 0.25) is 0 Å². The zero-order valence-electron chi connectivity index (χ0n) is 10.9. The van der Waals surface area contributed by atoms with Gasteiger partial charge in [-0.3, -0.25) is 4.79 Å². The Bertz CT molecular complexity index is 575. The van der Waals surface area contributed by atoms with E-state index in [9.17, 15) is 22.7 Å². The Labute approximate surface area is 111 Å². The third-order valence-corrected chi connectivity index (χ3v) is 5.05. The van der Waals surface area contributed by atoms with E-state index in [0.29, 0.717) is 0 Å². The summed E-state index contributed by atoms with van der Waals surface area (Å²) in [5, 5.41) is 11.7. The minimum absolute atomic E-state index is 0.182. The molecular weight excluding hydrogens is 273 g/mol. The van der Waals surface area contributed by atoms with Crippen molar-refractivity contribution in [2.45, 2.75) is 18.6 Å². The second kappa shape index (κ2) is 5.16. The topological polar surface area (TPSA) is 83.5 Å². The lowest BCUT2D eigenvalue weighted by Gasteiger charge is -2.22. The van der Waals surface area contributed by atoms with Crippen LogP contribution in [0.3, 0.4) is 0 Å². The van der Waals surface area contributed by atoms with E-state index in [1.165, 1.54) is 26.0 Å². The predicted molar refractivity (Wildman–Crippen MR) is 69.3 cm³/mol. The normalized spacial score (nSPS) is 12.2. The number of hydrogen-bond acceptors (Lipinski definition) is 4. The van der Waals surface area contributed by atoms with Gasteiger partial charge in [-0.05, 0) is 26.0 Å². The van der Waals surface area contributed by atoms with Crippen LogP contribution in [-0.4, -0.2) is 37.0 Å². The zero-order valence-corrected chi connectivity index (χ0v) is 11.7. The molecule has 1 aromatic rings. The van der Waals surface area contributed by atoms with Crippen LogP contribution >= 0.6 is 0 Å². The summed E-state index contributed by atoms with van der Waals surface area (Å²) < 4.78 is 35.2. The van der Waals surface area contributed by atoms with Gasteiger partial charge in [-0.1, -0.05) is 6.07 Å². The molecule has 2 N–H and O–H groups in total. The summed E-state index contributed by atoms with van der Waals surface area (Å²) in [7, 11) is -3.37. The first kappa shape index (κ1) is 15.4. The van der Waals surface area contributed by atoms with E-state index in [0.717, 1.165) is 12.3 Å². The van der Waals surface area contributed by atoms with Gasteiger partial charge < -0.3 is 10.4 Å². The maximum absolute atomic E-state index is 13.4. The lowest BCUT2D eigenvalue weighted by atomic mass is 10.1. The van der Waals surface area contributed by atoms with Crippen molar-refractivity contribution in [1.82, 2.24) is 5.32 Å². The second-order valence-corrected chi connectivity index (χ2v) is 7.50. The van der Waals surface area contributed by atoms with Crippen molar-refractivity contribution in [3.63, 3.8) is 0 Å². The number of carbonyl (C=O) groups excluding carboxylic acids is 1. The molecule has 7 heteroatoms. The van der Waals surface area contributed by atoms with Crippen LogP contribution in [0.15, 0.2) is 18.2 Å². The zero-order chi connectivity index (χ0) is 14.8. The van der Waals surface area contributed by atoms with Gasteiger partial charge in [0.2, 0.25) is 0 Å². The largest absolute Gasteiger partial charge is 0.507 e. The molecule has 0 bridgehead atoms. The smallest absolute Gasteiger partial charge is 0.258 e. The molecule has 1 amide bonds. The molecule has 0 aliphatic rings. The highest BCUT2D eigenvalue weighted by molar-refractivity contribution is 7.92. The van der Waals surface area contributed by atoms with Crippen LogP contribution < -0.4 is 5.32 Å². The second-order valence-electron chi connectivity index (χ2n) is 4.85. The Balaban J connectivity index is 2.89. The summed E-state index contributed by atoms with van der Waals surface area (Å²) in [6.45, 7) is 2.71. The number of benzene rings is 1. The molecule has 0 saturated carbocycles. The average molecular weight is 289 g/mol. The Hall–Kier alpha value is -1.63. The first-order valence-corrected chi connectivity index (χ1v) is 7.40. The number of aromatic hydroxyl groups is 1. The summed E-state index contributed by atoms with van der Waals surface area (Å²) >= 11 is 0. The van der Waals surface area contributed by atoms with Gasteiger partial charge in [-0.2, -0.15) is 0 Å². The molecule has 0 aliphatic carbocycles.